The number of amides is 4. The predicted molar refractivity (Wildman–Crippen MR) is 67.0 cm³/mol. The standard InChI is InChI=1S/C13H18N2O4/c1-2-3-10-11(17)14-13(19)15(12(10)18)8-4-6-9(16)7-5-8/h2,8-10,16H,1,3-7H2,(H,14,17,19). The lowest BCUT2D eigenvalue weighted by Gasteiger charge is -2.38. The molecule has 0 aromatic carbocycles. The van der Waals surface area contributed by atoms with Gasteiger partial charge in [0.05, 0.1) is 6.10 Å². The molecule has 4 amide bonds. The van der Waals surface area contributed by atoms with E-state index in [0.29, 0.717) is 25.7 Å². The molecule has 1 unspecified atom stereocenters. The van der Waals surface area contributed by atoms with E-state index in [4.69, 9.17) is 0 Å². The van der Waals surface area contributed by atoms with Gasteiger partial charge in [-0.2, -0.15) is 0 Å². The maximum atomic E-state index is 12.3. The summed E-state index contributed by atoms with van der Waals surface area (Å²) in [5.74, 6) is -1.86. The van der Waals surface area contributed by atoms with Crippen LogP contribution in [0.3, 0.4) is 0 Å². The Morgan fingerprint density at radius 1 is 1.26 bits per heavy atom. The fraction of sp³-hybridized carbons (Fsp3) is 0.615. The summed E-state index contributed by atoms with van der Waals surface area (Å²) in [4.78, 5) is 36.9. The second-order valence-electron chi connectivity index (χ2n) is 5.04. The first-order valence-electron chi connectivity index (χ1n) is 6.51. The van der Waals surface area contributed by atoms with Gasteiger partial charge in [0.2, 0.25) is 11.8 Å². The van der Waals surface area contributed by atoms with Crippen molar-refractivity contribution in [2.45, 2.75) is 44.2 Å². The van der Waals surface area contributed by atoms with Gasteiger partial charge in [0.1, 0.15) is 5.92 Å². The SMILES string of the molecule is C=CCC1C(=O)NC(=O)N(C2CCC(O)CC2)C1=O. The normalized spacial score (nSPS) is 32.2. The first-order chi connectivity index (χ1) is 9.04. The molecule has 6 nitrogen and oxygen atoms in total. The molecular weight excluding hydrogens is 248 g/mol. The van der Waals surface area contributed by atoms with E-state index in [1.54, 1.807) is 0 Å². The van der Waals surface area contributed by atoms with Crippen LogP contribution in [0, 0.1) is 5.92 Å². The van der Waals surface area contributed by atoms with Gasteiger partial charge in [-0.3, -0.25) is 19.8 Å². The van der Waals surface area contributed by atoms with Crippen LogP contribution in [0.4, 0.5) is 4.79 Å². The third-order valence-corrected chi connectivity index (χ3v) is 3.73. The Morgan fingerprint density at radius 3 is 2.47 bits per heavy atom. The number of nitrogens with zero attached hydrogens (tertiary/aromatic N) is 1. The fourth-order valence-corrected chi connectivity index (χ4v) is 2.67. The van der Waals surface area contributed by atoms with Crippen molar-refractivity contribution in [1.82, 2.24) is 10.2 Å². The van der Waals surface area contributed by atoms with E-state index in [0.717, 1.165) is 4.90 Å². The summed E-state index contributed by atoms with van der Waals surface area (Å²) in [5.41, 5.74) is 0. The minimum absolute atomic E-state index is 0.226. The highest BCUT2D eigenvalue weighted by Gasteiger charge is 2.43. The number of hydrogen-bond donors (Lipinski definition) is 2. The topological polar surface area (TPSA) is 86.7 Å². The summed E-state index contributed by atoms with van der Waals surface area (Å²) in [5, 5.41) is 11.7. The number of carbonyl (C=O) groups excluding carboxylic acids is 3. The van der Waals surface area contributed by atoms with Gasteiger partial charge in [-0.25, -0.2) is 4.79 Å². The molecule has 6 heteroatoms. The second kappa shape index (κ2) is 5.52. The van der Waals surface area contributed by atoms with Crippen LogP contribution in [0.2, 0.25) is 0 Å². The van der Waals surface area contributed by atoms with Crippen LogP contribution >= 0.6 is 0 Å². The second-order valence-corrected chi connectivity index (χ2v) is 5.04. The number of imide groups is 2. The van der Waals surface area contributed by atoms with Crippen LogP contribution < -0.4 is 5.32 Å². The molecule has 2 aliphatic rings. The van der Waals surface area contributed by atoms with Gasteiger partial charge in [-0.15, -0.1) is 6.58 Å². The quantitative estimate of drug-likeness (QED) is 0.577. The number of rotatable bonds is 3. The number of aliphatic hydroxyl groups excluding tert-OH is 1. The summed E-state index contributed by atoms with van der Waals surface area (Å²) in [7, 11) is 0. The highest BCUT2D eigenvalue weighted by atomic mass is 16.3. The molecule has 1 saturated heterocycles. The molecule has 1 heterocycles. The molecule has 0 bridgehead atoms. The smallest absolute Gasteiger partial charge is 0.331 e. The number of hydrogen-bond acceptors (Lipinski definition) is 4. The number of aliphatic hydroxyl groups is 1. The van der Waals surface area contributed by atoms with Crippen molar-refractivity contribution in [3.05, 3.63) is 12.7 Å². The van der Waals surface area contributed by atoms with Crippen LogP contribution in [0.1, 0.15) is 32.1 Å². The maximum absolute atomic E-state index is 12.3. The van der Waals surface area contributed by atoms with E-state index in [-0.39, 0.29) is 18.6 Å². The van der Waals surface area contributed by atoms with Crippen LogP contribution in [0.15, 0.2) is 12.7 Å². The van der Waals surface area contributed by atoms with Crippen LogP contribution in [-0.2, 0) is 9.59 Å². The van der Waals surface area contributed by atoms with Crippen LogP contribution in [0.25, 0.3) is 0 Å². The number of barbiturate groups is 1. The summed E-state index contributed by atoms with van der Waals surface area (Å²) in [6.07, 6.45) is 3.67. The molecule has 0 aromatic heterocycles. The van der Waals surface area contributed by atoms with E-state index < -0.39 is 23.8 Å². The largest absolute Gasteiger partial charge is 0.393 e. The number of allylic oxidation sites excluding steroid dienone is 1. The molecule has 104 valence electrons. The lowest BCUT2D eigenvalue weighted by molar-refractivity contribution is -0.144. The van der Waals surface area contributed by atoms with Gasteiger partial charge in [-0.1, -0.05) is 6.08 Å². The molecule has 2 fully saturated rings. The zero-order valence-electron chi connectivity index (χ0n) is 10.7. The molecule has 1 aliphatic carbocycles. The number of nitrogens with one attached hydrogen (secondary N) is 1. The Morgan fingerprint density at radius 2 is 1.89 bits per heavy atom. The van der Waals surface area contributed by atoms with Crippen molar-refractivity contribution in [3.8, 4) is 0 Å². The molecule has 0 spiro atoms. The lowest BCUT2D eigenvalue weighted by Crippen LogP contribution is -2.61. The molecule has 1 atom stereocenters. The molecule has 2 N–H and O–H groups in total. The Kier molecular flexibility index (Phi) is 3.99. The van der Waals surface area contributed by atoms with Crippen molar-refractivity contribution in [2.24, 2.45) is 5.92 Å². The van der Waals surface area contributed by atoms with Gasteiger partial charge < -0.3 is 5.11 Å². The van der Waals surface area contributed by atoms with E-state index in [1.165, 1.54) is 6.08 Å². The predicted octanol–water partition coefficient (Wildman–Crippen LogP) is 0.561. The third-order valence-electron chi connectivity index (χ3n) is 3.73. The molecule has 19 heavy (non-hydrogen) atoms. The maximum Gasteiger partial charge on any atom is 0.331 e. The van der Waals surface area contributed by atoms with E-state index in [2.05, 4.69) is 11.9 Å². The molecule has 1 aliphatic heterocycles. The van der Waals surface area contributed by atoms with Gasteiger partial charge >= 0.3 is 6.03 Å². The number of urea groups is 1. The van der Waals surface area contributed by atoms with Crippen molar-refractivity contribution in [3.63, 3.8) is 0 Å². The van der Waals surface area contributed by atoms with Crippen molar-refractivity contribution in [2.75, 3.05) is 0 Å². The van der Waals surface area contributed by atoms with Gasteiger partial charge in [-0.05, 0) is 32.1 Å². The Labute approximate surface area is 111 Å². The molecule has 1 saturated carbocycles. The highest BCUT2D eigenvalue weighted by molar-refractivity contribution is 6.16. The first kappa shape index (κ1) is 13.7. The first-order valence-corrected chi connectivity index (χ1v) is 6.51. The minimum atomic E-state index is -0.859. The Bertz CT molecular complexity index is 413. The average Bonchev–Trinajstić information content (AvgIpc) is 2.36. The van der Waals surface area contributed by atoms with Gasteiger partial charge in [0, 0.05) is 6.04 Å². The zero-order valence-corrected chi connectivity index (χ0v) is 10.7. The Hall–Kier alpha value is -1.69. The third kappa shape index (κ3) is 2.68. The van der Waals surface area contributed by atoms with E-state index in [9.17, 15) is 19.5 Å². The molecular formula is C13H18N2O4. The van der Waals surface area contributed by atoms with E-state index >= 15 is 0 Å². The zero-order chi connectivity index (χ0) is 14.0. The monoisotopic (exact) mass is 266 g/mol. The summed E-state index contributed by atoms with van der Waals surface area (Å²) >= 11 is 0. The van der Waals surface area contributed by atoms with Gasteiger partial charge in [0.15, 0.2) is 0 Å². The van der Waals surface area contributed by atoms with Crippen molar-refractivity contribution in [1.29, 1.82) is 0 Å². The summed E-state index contributed by atoms with van der Waals surface area (Å²) in [6.45, 7) is 3.52. The summed E-state index contributed by atoms with van der Waals surface area (Å²) in [6, 6.07) is -0.868. The average molecular weight is 266 g/mol. The van der Waals surface area contributed by atoms with Crippen molar-refractivity contribution < 1.29 is 19.5 Å². The van der Waals surface area contributed by atoms with Crippen molar-refractivity contribution >= 4 is 17.8 Å². The molecule has 0 radical (unpaired) electrons. The molecule has 2 rings (SSSR count). The number of carbonyl (C=O) groups is 3. The Balaban J connectivity index is 2.14. The summed E-state index contributed by atoms with van der Waals surface area (Å²) < 4.78 is 0. The van der Waals surface area contributed by atoms with E-state index in [1.807, 2.05) is 0 Å². The lowest BCUT2D eigenvalue weighted by atomic mass is 9.90. The van der Waals surface area contributed by atoms with Gasteiger partial charge in [0.25, 0.3) is 0 Å². The van der Waals surface area contributed by atoms with Crippen LogP contribution in [-0.4, -0.2) is 40.0 Å². The molecule has 0 aromatic rings. The van der Waals surface area contributed by atoms with Crippen LogP contribution in [0.5, 0.6) is 0 Å². The minimum Gasteiger partial charge on any atom is -0.393 e. The fourth-order valence-electron chi connectivity index (χ4n) is 2.67. The highest BCUT2D eigenvalue weighted by Crippen LogP contribution is 2.26.